The third-order valence-corrected chi connectivity index (χ3v) is 5.19. The summed E-state index contributed by atoms with van der Waals surface area (Å²) in [6.45, 7) is 3.51. The van der Waals surface area contributed by atoms with Gasteiger partial charge in [-0.25, -0.2) is 0 Å². The van der Waals surface area contributed by atoms with Gasteiger partial charge in [0.2, 0.25) is 0 Å². The van der Waals surface area contributed by atoms with Crippen molar-refractivity contribution in [2.75, 3.05) is 33.3 Å². The van der Waals surface area contributed by atoms with Gasteiger partial charge in [-0.2, -0.15) is 0 Å². The zero-order valence-electron chi connectivity index (χ0n) is 17.5. The normalized spacial score (nSPS) is 15.6. The first kappa shape index (κ1) is 21.6. The van der Waals surface area contributed by atoms with E-state index in [-0.39, 0.29) is 6.61 Å². The first-order valence-electron chi connectivity index (χ1n) is 10.4. The number of hydrogen-bond donors (Lipinski definition) is 3. The lowest BCUT2D eigenvalue weighted by Crippen LogP contribution is -2.42. The third kappa shape index (κ3) is 6.49. The van der Waals surface area contributed by atoms with Crippen LogP contribution in [-0.2, 0) is 11.3 Å². The Hall–Kier alpha value is -3.06. The van der Waals surface area contributed by atoms with Crippen molar-refractivity contribution in [2.45, 2.75) is 25.4 Å². The van der Waals surface area contributed by atoms with Crippen LogP contribution in [0.4, 0.5) is 0 Å². The third-order valence-electron chi connectivity index (χ3n) is 5.19. The summed E-state index contributed by atoms with van der Waals surface area (Å²) in [5.74, 6) is 0.877. The summed E-state index contributed by atoms with van der Waals surface area (Å²) in [4.78, 5) is 17.8. The number of likely N-dealkylation sites (tertiary alicyclic amines) is 1. The number of nitrogens with two attached hydrogens (primary N) is 1. The zero-order chi connectivity index (χ0) is 21.2. The van der Waals surface area contributed by atoms with E-state index in [1.807, 2.05) is 18.2 Å². The molecule has 4 N–H and O–H groups in total. The minimum atomic E-state index is -0.492. The van der Waals surface area contributed by atoms with Gasteiger partial charge in [-0.3, -0.25) is 14.7 Å². The largest absolute Gasteiger partial charge is 0.484 e. The SMILES string of the molecule is CN=C(NCc1cccc(OCC(N)=O)c1)NCC(c1ccccc1)N1CCCC1. The molecule has 7 heteroatoms. The van der Waals surface area contributed by atoms with Crippen LogP contribution in [0, 0.1) is 0 Å². The van der Waals surface area contributed by atoms with E-state index in [9.17, 15) is 4.79 Å². The number of hydrogen-bond acceptors (Lipinski definition) is 4. The number of amides is 1. The second-order valence-corrected chi connectivity index (χ2v) is 7.38. The number of primary amides is 1. The van der Waals surface area contributed by atoms with Gasteiger partial charge in [-0.05, 0) is 49.2 Å². The molecule has 2 aromatic rings. The van der Waals surface area contributed by atoms with Crippen LogP contribution in [0.1, 0.15) is 30.0 Å². The summed E-state index contributed by atoms with van der Waals surface area (Å²) in [6.07, 6.45) is 2.51. The molecule has 1 unspecified atom stereocenters. The minimum absolute atomic E-state index is 0.127. The molecule has 160 valence electrons. The van der Waals surface area contributed by atoms with Gasteiger partial charge in [0.25, 0.3) is 5.91 Å². The standard InChI is InChI=1S/C23H31N5O2/c1-25-23(26-15-18-8-7-11-20(14-18)30-17-22(24)29)27-16-21(28-12-5-6-13-28)19-9-3-2-4-10-19/h2-4,7-11,14,21H,5-6,12-13,15-17H2,1H3,(H2,24,29)(H2,25,26,27). The lowest BCUT2D eigenvalue weighted by Gasteiger charge is -2.29. The number of ether oxygens (including phenoxy) is 1. The second kappa shape index (κ2) is 11.2. The molecule has 3 rings (SSSR count). The lowest BCUT2D eigenvalue weighted by molar-refractivity contribution is -0.119. The Labute approximate surface area is 178 Å². The van der Waals surface area contributed by atoms with E-state index >= 15 is 0 Å². The van der Waals surface area contributed by atoms with Gasteiger partial charge in [0.15, 0.2) is 12.6 Å². The molecular formula is C23H31N5O2. The highest BCUT2D eigenvalue weighted by atomic mass is 16.5. The number of nitrogens with zero attached hydrogens (tertiary/aromatic N) is 2. The molecule has 1 aliphatic rings. The molecule has 30 heavy (non-hydrogen) atoms. The van der Waals surface area contributed by atoms with Crippen molar-refractivity contribution in [1.29, 1.82) is 0 Å². The minimum Gasteiger partial charge on any atom is -0.484 e. The van der Waals surface area contributed by atoms with Crippen LogP contribution in [0.2, 0.25) is 0 Å². The maximum Gasteiger partial charge on any atom is 0.255 e. The average Bonchev–Trinajstić information content (AvgIpc) is 3.30. The maximum atomic E-state index is 10.9. The van der Waals surface area contributed by atoms with Crippen molar-refractivity contribution in [3.05, 3.63) is 65.7 Å². The van der Waals surface area contributed by atoms with E-state index in [0.717, 1.165) is 31.2 Å². The fourth-order valence-corrected chi connectivity index (χ4v) is 3.69. The van der Waals surface area contributed by atoms with E-state index in [1.165, 1.54) is 18.4 Å². The zero-order valence-corrected chi connectivity index (χ0v) is 17.5. The molecule has 1 aliphatic heterocycles. The topological polar surface area (TPSA) is 92.0 Å². The molecule has 7 nitrogen and oxygen atoms in total. The van der Waals surface area contributed by atoms with Gasteiger partial charge in [0, 0.05) is 20.1 Å². The molecule has 0 saturated carbocycles. The van der Waals surface area contributed by atoms with Gasteiger partial charge in [-0.1, -0.05) is 42.5 Å². The number of rotatable bonds is 9. The number of carbonyl (C=O) groups excluding carboxylic acids is 1. The Morgan fingerprint density at radius 1 is 1.13 bits per heavy atom. The number of carbonyl (C=O) groups is 1. The van der Waals surface area contributed by atoms with Crippen molar-refractivity contribution >= 4 is 11.9 Å². The molecule has 1 amide bonds. The van der Waals surface area contributed by atoms with Crippen LogP contribution in [0.25, 0.3) is 0 Å². The smallest absolute Gasteiger partial charge is 0.255 e. The van der Waals surface area contributed by atoms with Crippen LogP contribution >= 0.6 is 0 Å². The maximum absolute atomic E-state index is 10.9. The van der Waals surface area contributed by atoms with Gasteiger partial charge >= 0.3 is 0 Å². The molecule has 0 aliphatic carbocycles. The fraction of sp³-hybridized carbons (Fsp3) is 0.391. The Kier molecular flexibility index (Phi) is 8.09. The molecule has 0 radical (unpaired) electrons. The van der Waals surface area contributed by atoms with Gasteiger partial charge in [0.1, 0.15) is 5.75 Å². The highest BCUT2D eigenvalue weighted by Gasteiger charge is 2.23. The van der Waals surface area contributed by atoms with Crippen molar-refractivity contribution < 1.29 is 9.53 Å². The molecule has 2 aromatic carbocycles. The van der Waals surface area contributed by atoms with Crippen molar-refractivity contribution in [1.82, 2.24) is 15.5 Å². The number of aliphatic imine (C=N–C) groups is 1. The average molecular weight is 410 g/mol. The Bertz CT molecular complexity index is 834. The Morgan fingerprint density at radius 3 is 2.60 bits per heavy atom. The number of benzene rings is 2. The fourth-order valence-electron chi connectivity index (χ4n) is 3.69. The predicted octanol–water partition coefficient (Wildman–Crippen LogP) is 2.05. The molecule has 1 heterocycles. The van der Waals surface area contributed by atoms with Crippen molar-refractivity contribution in [2.24, 2.45) is 10.7 Å². The summed E-state index contributed by atoms with van der Waals surface area (Å²) in [5.41, 5.74) is 7.48. The lowest BCUT2D eigenvalue weighted by atomic mass is 10.1. The van der Waals surface area contributed by atoms with E-state index in [1.54, 1.807) is 13.1 Å². The number of nitrogens with one attached hydrogen (secondary N) is 2. The Morgan fingerprint density at radius 2 is 1.90 bits per heavy atom. The molecule has 0 bridgehead atoms. The van der Waals surface area contributed by atoms with E-state index in [4.69, 9.17) is 10.5 Å². The van der Waals surface area contributed by atoms with Crippen LogP contribution < -0.4 is 21.1 Å². The molecule has 1 atom stereocenters. The van der Waals surface area contributed by atoms with Crippen LogP contribution in [-0.4, -0.2) is 50.1 Å². The first-order chi connectivity index (χ1) is 14.7. The summed E-state index contributed by atoms with van der Waals surface area (Å²) in [5, 5.41) is 6.82. The van der Waals surface area contributed by atoms with Crippen LogP contribution in [0.15, 0.2) is 59.6 Å². The van der Waals surface area contributed by atoms with E-state index < -0.39 is 5.91 Å². The van der Waals surface area contributed by atoms with Crippen molar-refractivity contribution in [3.8, 4) is 5.75 Å². The summed E-state index contributed by atoms with van der Waals surface area (Å²) < 4.78 is 5.37. The van der Waals surface area contributed by atoms with E-state index in [2.05, 4.69) is 50.9 Å². The monoisotopic (exact) mass is 409 g/mol. The van der Waals surface area contributed by atoms with Gasteiger partial charge in [0.05, 0.1) is 6.04 Å². The highest BCUT2D eigenvalue weighted by molar-refractivity contribution is 5.79. The van der Waals surface area contributed by atoms with Gasteiger partial charge in [-0.15, -0.1) is 0 Å². The summed E-state index contributed by atoms with van der Waals surface area (Å²) in [6, 6.07) is 18.5. The second-order valence-electron chi connectivity index (χ2n) is 7.38. The quantitative estimate of drug-likeness (QED) is 0.436. The van der Waals surface area contributed by atoms with E-state index in [0.29, 0.717) is 18.3 Å². The molecule has 1 saturated heterocycles. The highest BCUT2D eigenvalue weighted by Crippen LogP contribution is 2.24. The number of guanidine groups is 1. The molecule has 0 spiro atoms. The molecule has 0 aromatic heterocycles. The van der Waals surface area contributed by atoms with Gasteiger partial charge < -0.3 is 21.1 Å². The molecule has 1 fully saturated rings. The molecular weight excluding hydrogens is 378 g/mol. The predicted molar refractivity (Wildman–Crippen MR) is 119 cm³/mol. The van der Waals surface area contributed by atoms with Crippen LogP contribution in [0.3, 0.4) is 0 Å². The summed E-state index contributed by atoms with van der Waals surface area (Å²) in [7, 11) is 1.77. The summed E-state index contributed by atoms with van der Waals surface area (Å²) >= 11 is 0. The van der Waals surface area contributed by atoms with Crippen molar-refractivity contribution in [3.63, 3.8) is 0 Å². The van der Waals surface area contributed by atoms with Crippen LogP contribution in [0.5, 0.6) is 5.75 Å². The Balaban J connectivity index is 1.56. The first-order valence-corrected chi connectivity index (χ1v) is 10.4.